The van der Waals surface area contributed by atoms with Crippen LogP contribution < -0.4 is 5.32 Å². The van der Waals surface area contributed by atoms with Crippen LogP contribution in [0.15, 0.2) is 10.6 Å². The first kappa shape index (κ1) is 13.1. The molecule has 0 saturated heterocycles. The quantitative estimate of drug-likeness (QED) is 0.722. The Balaban J connectivity index is 3.28. The molecule has 0 radical (unpaired) electrons. The molecule has 0 aliphatic carbocycles. The van der Waals surface area contributed by atoms with Crippen LogP contribution in [0.25, 0.3) is 0 Å². The molecule has 0 aromatic heterocycles. The highest BCUT2D eigenvalue weighted by Gasteiger charge is 2.25. The summed E-state index contributed by atoms with van der Waals surface area (Å²) in [6.45, 7) is 0.587. The molecule has 0 aromatic carbocycles. The summed E-state index contributed by atoms with van der Waals surface area (Å²) >= 11 is 10.7. The molecule has 0 rings (SSSR count). The van der Waals surface area contributed by atoms with E-state index in [-0.39, 0.29) is 13.0 Å². The molecule has 1 nitrogen and oxygen atoms in total. The van der Waals surface area contributed by atoms with E-state index in [9.17, 15) is 13.2 Å². The molecular formula is C7H10Cl2F3N. The molecular weight excluding hydrogens is 226 g/mol. The lowest BCUT2D eigenvalue weighted by molar-refractivity contribution is -0.135. The van der Waals surface area contributed by atoms with Gasteiger partial charge in [0.25, 0.3) is 0 Å². The summed E-state index contributed by atoms with van der Waals surface area (Å²) in [5.41, 5.74) is 1.18. The Hall–Kier alpha value is 0.0700. The summed E-state index contributed by atoms with van der Waals surface area (Å²) in [6.07, 6.45) is -4.80. The van der Waals surface area contributed by atoms with E-state index >= 15 is 0 Å². The van der Waals surface area contributed by atoms with Crippen molar-refractivity contribution in [2.24, 2.45) is 0 Å². The van der Waals surface area contributed by atoms with Crippen LogP contribution in [0, 0.1) is 0 Å². The van der Waals surface area contributed by atoms with Gasteiger partial charge in [0.2, 0.25) is 0 Å². The smallest absolute Gasteiger partial charge is 0.312 e. The zero-order valence-corrected chi connectivity index (χ0v) is 8.31. The Kier molecular flexibility index (Phi) is 6.55. The van der Waals surface area contributed by atoms with Gasteiger partial charge in [0.15, 0.2) is 0 Å². The second-order valence-electron chi connectivity index (χ2n) is 2.45. The van der Waals surface area contributed by atoms with Gasteiger partial charge in [0.05, 0.1) is 0 Å². The van der Waals surface area contributed by atoms with Crippen LogP contribution in [0.3, 0.4) is 0 Å². The van der Waals surface area contributed by atoms with Gasteiger partial charge in [-0.1, -0.05) is 23.2 Å². The number of hydrogen-bond donors (Lipinski definition) is 1. The van der Waals surface area contributed by atoms with Gasteiger partial charge in [-0.05, 0) is 13.0 Å². The average Bonchev–Trinajstić information content (AvgIpc) is 2.01. The summed E-state index contributed by atoms with van der Waals surface area (Å²) in [4.78, 5) is 0. The molecule has 0 aliphatic rings. The maximum absolute atomic E-state index is 11.6. The lowest BCUT2D eigenvalue weighted by atomic mass is 10.3. The SMILES string of the molecule is FC(F)(F)CCCNCC(Cl)=CCl. The molecule has 0 fully saturated rings. The van der Waals surface area contributed by atoms with Gasteiger partial charge in [-0.2, -0.15) is 13.2 Å². The molecule has 6 heteroatoms. The van der Waals surface area contributed by atoms with Gasteiger partial charge in [0, 0.05) is 23.5 Å². The van der Waals surface area contributed by atoms with E-state index in [1.165, 1.54) is 5.54 Å². The van der Waals surface area contributed by atoms with Crippen molar-refractivity contribution in [3.63, 3.8) is 0 Å². The van der Waals surface area contributed by atoms with E-state index in [1.807, 2.05) is 0 Å². The summed E-state index contributed by atoms with van der Waals surface area (Å²) in [6, 6.07) is 0. The molecule has 0 aromatic rings. The largest absolute Gasteiger partial charge is 0.389 e. The first-order valence-corrected chi connectivity index (χ1v) is 4.49. The van der Waals surface area contributed by atoms with Crippen molar-refractivity contribution in [3.8, 4) is 0 Å². The maximum Gasteiger partial charge on any atom is 0.389 e. The van der Waals surface area contributed by atoms with Crippen LogP contribution >= 0.6 is 23.2 Å². The van der Waals surface area contributed by atoms with Gasteiger partial charge in [0.1, 0.15) is 0 Å². The number of rotatable bonds is 5. The second-order valence-corrected chi connectivity index (χ2v) is 3.16. The average molecular weight is 236 g/mol. The van der Waals surface area contributed by atoms with Gasteiger partial charge in [-0.15, -0.1) is 0 Å². The zero-order valence-electron chi connectivity index (χ0n) is 6.80. The van der Waals surface area contributed by atoms with Crippen LogP contribution in [0.2, 0.25) is 0 Å². The highest BCUT2D eigenvalue weighted by Crippen LogP contribution is 2.20. The zero-order chi connectivity index (χ0) is 10.3. The Bertz CT molecular complexity index is 168. The molecule has 0 saturated carbocycles. The van der Waals surface area contributed by atoms with Gasteiger partial charge in [-0.25, -0.2) is 0 Å². The Morgan fingerprint density at radius 2 is 2.00 bits per heavy atom. The number of alkyl halides is 3. The van der Waals surface area contributed by atoms with Crippen LogP contribution in [-0.4, -0.2) is 19.3 Å². The normalized spacial score (nSPS) is 13.5. The molecule has 13 heavy (non-hydrogen) atoms. The third-order valence-corrected chi connectivity index (χ3v) is 1.84. The van der Waals surface area contributed by atoms with Crippen molar-refractivity contribution < 1.29 is 13.2 Å². The van der Waals surface area contributed by atoms with E-state index in [1.54, 1.807) is 0 Å². The standard InChI is InChI=1S/C7H10Cl2F3N/c8-4-6(9)5-13-3-1-2-7(10,11)12/h4,13H,1-3,5H2. The van der Waals surface area contributed by atoms with Crippen LogP contribution in [0.1, 0.15) is 12.8 Å². The number of halogens is 5. The van der Waals surface area contributed by atoms with Gasteiger partial charge < -0.3 is 5.32 Å². The molecule has 0 atom stereocenters. The fraction of sp³-hybridized carbons (Fsp3) is 0.714. The van der Waals surface area contributed by atoms with Crippen LogP contribution in [-0.2, 0) is 0 Å². The summed E-state index contributed by atoms with van der Waals surface area (Å²) < 4.78 is 34.9. The maximum atomic E-state index is 11.6. The van der Waals surface area contributed by atoms with Crippen molar-refractivity contribution in [1.82, 2.24) is 5.32 Å². The topological polar surface area (TPSA) is 12.0 Å². The van der Waals surface area contributed by atoms with Crippen molar-refractivity contribution in [1.29, 1.82) is 0 Å². The van der Waals surface area contributed by atoms with Crippen molar-refractivity contribution in [2.75, 3.05) is 13.1 Å². The molecule has 0 heterocycles. The van der Waals surface area contributed by atoms with E-state index in [4.69, 9.17) is 23.2 Å². The van der Waals surface area contributed by atoms with Crippen molar-refractivity contribution in [3.05, 3.63) is 10.6 Å². The molecule has 0 bridgehead atoms. The van der Waals surface area contributed by atoms with E-state index in [0.29, 0.717) is 11.6 Å². The summed E-state index contributed by atoms with van der Waals surface area (Å²) in [5.74, 6) is 0. The van der Waals surface area contributed by atoms with Gasteiger partial charge >= 0.3 is 6.18 Å². The Labute approximate surface area is 84.9 Å². The number of hydrogen-bond acceptors (Lipinski definition) is 1. The Morgan fingerprint density at radius 3 is 2.46 bits per heavy atom. The van der Waals surface area contributed by atoms with Crippen molar-refractivity contribution in [2.45, 2.75) is 19.0 Å². The van der Waals surface area contributed by atoms with E-state index in [2.05, 4.69) is 5.32 Å². The highest BCUT2D eigenvalue weighted by atomic mass is 35.5. The third kappa shape index (κ3) is 9.99. The minimum Gasteiger partial charge on any atom is -0.312 e. The van der Waals surface area contributed by atoms with Crippen molar-refractivity contribution >= 4 is 23.2 Å². The molecule has 0 spiro atoms. The van der Waals surface area contributed by atoms with Crippen LogP contribution in [0.5, 0.6) is 0 Å². The molecule has 78 valence electrons. The second kappa shape index (κ2) is 6.51. The summed E-state index contributed by atoms with van der Waals surface area (Å²) in [7, 11) is 0. The lowest BCUT2D eigenvalue weighted by Gasteiger charge is -2.06. The fourth-order valence-corrected chi connectivity index (χ4v) is 0.832. The predicted octanol–water partition coefficient (Wildman–Crippen LogP) is 3.24. The minimum absolute atomic E-state index is 0.0515. The molecule has 1 N–H and O–H groups in total. The van der Waals surface area contributed by atoms with E-state index in [0.717, 1.165) is 0 Å². The lowest BCUT2D eigenvalue weighted by Crippen LogP contribution is -2.19. The molecule has 0 unspecified atom stereocenters. The third-order valence-electron chi connectivity index (χ3n) is 1.23. The predicted molar refractivity (Wildman–Crippen MR) is 47.9 cm³/mol. The Morgan fingerprint density at radius 1 is 1.38 bits per heavy atom. The van der Waals surface area contributed by atoms with E-state index < -0.39 is 12.6 Å². The minimum atomic E-state index is -4.08. The number of nitrogens with one attached hydrogen (secondary N) is 1. The van der Waals surface area contributed by atoms with Crippen LogP contribution in [0.4, 0.5) is 13.2 Å². The molecule has 0 aliphatic heterocycles. The fourth-order valence-electron chi connectivity index (χ4n) is 0.660. The summed E-state index contributed by atoms with van der Waals surface area (Å²) in [5, 5.41) is 3.11. The van der Waals surface area contributed by atoms with Gasteiger partial charge in [-0.3, -0.25) is 0 Å². The highest BCUT2D eigenvalue weighted by molar-refractivity contribution is 6.36. The first-order chi connectivity index (χ1) is 5.95. The first-order valence-electron chi connectivity index (χ1n) is 3.68. The molecule has 0 amide bonds. The monoisotopic (exact) mass is 235 g/mol.